The topological polar surface area (TPSA) is 0 Å². The van der Waals surface area contributed by atoms with Gasteiger partial charge < -0.3 is 0 Å². The predicted molar refractivity (Wildman–Crippen MR) is 99.0 cm³/mol. The molecule has 1 heteroatoms. The van der Waals surface area contributed by atoms with Crippen LogP contribution in [0.3, 0.4) is 0 Å². The van der Waals surface area contributed by atoms with Crippen LogP contribution in [0.25, 0.3) is 0 Å². The highest BCUT2D eigenvalue weighted by molar-refractivity contribution is 6.73. The zero-order chi connectivity index (χ0) is 15.2. The van der Waals surface area contributed by atoms with Crippen LogP contribution in [0.5, 0.6) is 0 Å². The standard InChI is InChI=1S/C20H35Si/c1-3-5-7-9-14-18-21(19-15-10-8-6-4-2)20-16-12-11-13-17-20/h11-13,16-17H,3-10,14-15,18-19H2,1-2H3. The van der Waals surface area contributed by atoms with Crippen LogP contribution in [0.2, 0.25) is 12.1 Å². The summed E-state index contributed by atoms with van der Waals surface area (Å²) in [5, 5.41) is 1.67. The molecule has 0 aromatic heterocycles. The maximum atomic E-state index is 2.38. The summed E-state index contributed by atoms with van der Waals surface area (Å²) < 4.78 is 0. The van der Waals surface area contributed by atoms with E-state index in [0.29, 0.717) is 0 Å². The lowest BCUT2D eigenvalue weighted by Crippen LogP contribution is -2.29. The molecule has 0 nitrogen and oxygen atoms in total. The van der Waals surface area contributed by atoms with Crippen molar-refractivity contribution in [3.05, 3.63) is 30.3 Å². The fourth-order valence-corrected chi connectivity index (χ4v) is 5.82. The molecule has 0 saturated carbocycles. The van der Waals surface area contributed by atoms with Gasteiger partial charge in [-0.25, -0.2) is 0 Å². The minimum absolute atomic E-state index is 0.296. The fraction of sp³-hybridized carbons (Fsp3) is 0.700. The molecule has 0 saturated heterocycles. The summed E-state index contributed by atoms with van der Waals surface area (Å²) in [7, 11) is -0.296. The molecule has 0 amide bonds. The van der Waals surface area contributed by atoms with Crippen molar-refractivity contribution in [3.8, 4) is 0 Å². The second-order valence-electron chi connectivity index (χ2n) is 6.30. The van der Waals surface area contributed by atoms with E-state index in [2.05, 4.69) is 44.2 Å². The first-order valence-corrected chi connectivity index (χ1v) is 11.2. The van der Waals surface area contributed by atoms with Gasteiger partial charge in [-0.1, -0.05) is 126 Å². The second kappa shape index (κ2) is 13.1. The molecule has 1 aromatic carbocycles. The lowest BCUT2D eigenvalue weighted by Gasteiger charge is -2.15. The Bertz CT molecular complexity index is 306. The highest BCUT2D eigenvalue weighted by Gasteiger charge is 2.13. The number of unbranched alkanes of at least 4 members (excludes halogenated alkanes) is 8. The Labute approximate surface area is 135 Å². The molecule has 1 radical (unpaired) electrons. The van der Waals surface area contributed by atoms with E-state index < -0.39 is 0 Å². The Kier molecular flexibility index (Phi) is 11.6. The SMILES string of the molecule is CCCCCCC[Si](CCCCCCC)c1ccccc1. The van der Waals surface area contributed by atoms with Crippen molar-refractivity contribution < 1.29 is 0 Å². The normalized spacial score (nSPS) is 11.2. The second-order valence-corrected chi connectivity index (χ2v) is 9.08. The molecule has 0 unspecified atom stereocenters. The average Bonchev–Trinajstić information content (AvgIpc) is 2.53. The van der Waals surface area contributed by atoms with E-state index in [1.54, 1.807) is 5.19 Å². The van der Waals surface area contributed by atoms with Crippen molar-refractivity contribution in [1.82, 2.24) is 0 Å². The van der Waals surface area contributed by atoms with Gasteiger partial charge in [0.1, 0.15) is 0 Å². The Morgan fingerprint density at radius 1 is 0.619 bits per heavy atom. The lowest BCUT2D eigenvalue weighted by molar-refractivity contribution is 0.646. The van der Waals surface area contributed by atoms with Gasteiger partial charge in [0, 0.05) is 0 Å². The van der Waals surface area contributed by atoms with E-state index in [-0.39, 0.29) is 8.80 Å². The van der Waals surface area contributed by atoms with Crippen LogP contribution in [0, 0.1) is 0 Å². The number of rotatable bonds is 13. The maximum Gasteiger partial charge on any atom is 0.0856 e. The maximum absolute atomic E-state index is 2.38. The van der Waals surface area contributed by atoms with Gasteiger partial charge >= 0.3 is 0 Å². The molecule has 0 aliphatic heterocycles. The van der Waals surface area contributed by atoms with E-state index in [1.165, 1.54) is 76.3 Å². The Morgan fingerprint density at radius 2 is 1.10 bits per heavy atom. The molecule has 0 aliphatic rings. The smallest absolute Gasteiger partial charge is 0.0654 e. The molecule has 0 fully saturated rings. The largest absolute Gasteiger partial charge is 0.0856 e. The van der Waals surface area contributed by atoms with Gasteiger partial charge in [-0.3, -0.25) is 0 Å². The molecule has 21 heavy (non-hydrogen) atoms. The summed E-state index contributed by atoms with van der Waals surface area (Å²) in [4.78, 5) is 0. The van der Waals surface area contributed by atoms with Crippen molar-refractivity contribution >= 4 is 14.0 Å². The molecule has 0 atom stereocenters. The predicted octanol–water partition coefficient (Wildman–Crippen LogP) is 6.33. The number of benzene rings is 1. The monoisotopic (exact) mass is 303 g/mol. The van der Waals surface area contributed by atoms with Crippen LogP contribution >= 0.6 is 0 Å². The molecule has 0 spiro atoms. The number of hydrogen-bond donors (Lipinski definition) is 0. The Balaban J connectivity index is 2.32. The summed E-state index contributed by atoms with van der Waals surface area (Å²) in [6.07, 6.45) is 14.2. The first kappa shape index (κ1) is 18.5. The van der Waals surface area contributed by atoms with Crippen LogP contribution in [-0.2, 0) is 0 Å². The lowest BCUT2D eigenvalue weighted by atomic mass is 10.2. The van der Waals surface area contributed by atoms with Crippen LogP contribution in [-0.4, -0.2) is 8.80 Å². The first-order chi connectivity index (χ1) is 10.4. The van der Waals surface area contributed by atoms with Gasteiger partial charge in [0.2, 0.25) is 0 Å². The third-order valence-corrected chi connectivity index (χ3v) is 7.41. The van der Waals surface area contributed by atoms with Gasteiger partial charge in [-0.2, -0.15) is 0 Å². The number of hydrogen-bond acceptors (Lipinski definition) is 0. The van der Waals surface area contributed by atoms with E-state index in [1.807, 2.05) is 0 Å². The molecule has 119 valence electrons. The van der Waals surface area contributed by atoms with Crippen molar-refractivity contribution in [2.75, 3.05) is 0 Å². The molecule has 1 aromatic rings. The van der Waals surface area contributed by atoms with Crippen LogP contribution < -0.4 is 5.19 Å². The minimum atomic E-state index is -0.296. The van der Waals surface area contributed by atoms with Gasteiger partial charge in [0.15, 0.2) is 0 Å². The third kappa shape index (κ3) is 9.13. The van der Waals surface area contributed by atoms with E-state index in [9.17, 15) is 0 Å². The van der Waals surface area contributed by atoms with Crippen LogP contribution in [0.1, 0.15) is 78.1 Å². The summed E-state index contributed by atoms with van der Waals surface area (Å²) in [6, 6.07) is 14.4. The Morgan fingerprint density at radius 3 is 1.57 bits per heavy atom. The summed E-state index contributed by atoms with van der Waals surface area (Å²) in [5.74, 6) is 0. The van der Waals surface area contributed by atoms with Crippen molar-refractivity contribution in [2.24, 2.45) is 0 Å². The first-order valence-electron chi connectivity index (χ1n) is 9.28. The van der Waals surface area contributed by atoms with E-state index >= 15 is 0 Å². The molecule has 0 heterocycles. The zero-order valence-corrected chi connectivity index (χ0v) is 15.4. The van der Waals surface area contributed by atoms with Crippen LogP contribution in [0.4, 0.5) is 0 Å². The van der Waals surface area contributed by atoms with E-state index in [4.69, 9.17) is 0 Å². The highest BCUT2D eigenvalue weighted by atomic mass is 28.3. The molecule has 1 rings (SSSR count). The van der Waals surface area contributed by atoms with Crippen molar-refractivity contribution in [1.29, 1.82) is 0 Å². The Hall–Kier alpha value is -0.563. The quantitative estimate of drug-likeness (QED) is 0.295. The molecular weight excluding hydrogens is 268 g/mol. The summed E-state index contributed by atoms with van der Waals surface area (Å²) in [6.45, 7) is 4.60. The highest BCUT2D eigenvalue weighted by Crippen LogP contribution is 2.14. The molecule has 0 aliphatic carbocycles. The van der Waals surface area contributed by atoms with Crippen molar-refractivity contribution in [2.45, 2.75) is 90.1 Å². The van der Waals surface area contributed by atoms with Gasteiger partial charge in [0.25, 0.3) is 0 Å². The summed E-state index contributed by atoms with van der Waals surface area (Å²) in [5.41, 5.74) is 0. The van der Waals surface area contributed by atoms with Crippen LogP contribution in [0.15, 0.2) is 30.3 Å². The molecule has 0 bridgehead atoms. The average molecular weight is 304 g/mol. The van der Waals surface area contributed by atoms with E-state index in [0.717, 1.165) is 0 Å². The summed E-state index contributed by atoms with van der Waals surface area (Å²) >= 11 is 0. The minimum Gasteiger partial charge on any atom is -0.0654 e. The van der Waals surface area contributed by atoms with Crippen molar-refractivity contribution in [3.63, 3.8) is 0 Å². The molecule has 0 N–H and O–H groups in total. The zero-order valence-electron chi connectivity index (χ0n) is 14.4. The van der Waals surface area contributed by atoms with Gasteiger partial charge in [-0.15, -0.1) is 0 Å². The fourth-order valence-electron chi connectivity index (χ4n) is 2.97. The van der Waals surface area contributed by atoms with Gasteiger partial charge in [-0.05, 0) is 0 Å². The van der Waals surface area contributed by atoms with Gasteiger partial charge in [0.05, 0.1) is 8.80 Å². The third-order valence-electron chi connectivity index (χ3n) is 4.35. The molecular formula is C20H35Si.